The Labute approximate surface area is 118 Å². The van der Waals surface area contributed by atoms with Crippen molar-refractivity contribution in [3.63, 3.8) is 0 Å². The number of nitrogens with zero attached hydrogens (tertiary/aromatic N) is 3. The summed E-state index contributed by atoms with van der Waals surface area (Å²) in [4.78, 5) is 28.6. The van der Waals surface area contributed by atoms with Crippen molar-refractivity contribution >= 4 is 23.8 Å². The van der Waals surface area contributed by atoms with Gasteiger partial charge in [-0.15, -0.1) is 11.8 Å². The van der Waals surface area contributed by atoms with Crippen molar-refractivity contribution in [3.05, 3.63) is 0 Å². The highest BCUT2D eigenvalue weighted by molar-refractivity contribution is 8.00. The summed E-state index contributed by atoms with van der Waals surface area (Å²) in [6.07, 6.45) is 0.877. The molecule has 1 fully saturated rings. The average Bonchev–Trinajstić information content (AvgIpc) is 2.69. The number of carboxylic acid groups (broad SMARTS) is 1. The second-order valence-electron chi connectivity index (χ2n) is 5.05. The number of carboxylic acids is 1. The van der Waals surface area contributed by atoms with Crippen molar-refractivity contribution < 1.29 is 14.7 Å². The SMILES string of the molecule is CC1SCC(C(=O)O)N1C(=O)N(C)CCCN(C)C. The van der Waals surface area contributed by atoms with Crippen LogP contribution in [0.3, 0.4) is 0 Å². The van der Waals surface area contributed by atoms with Gasteiger partial charge >= 0.3 is 12.0 Å². The van der Waals surface area contributed by atoms with Gasteiger partial charge in [0.05, 0.1) is 5.37 Å². The molecule has 1 aliphatic heterocycles. The maximum atomic E-state index is 12.3. The fraction of sp³-hybridized carbons (Fsp3) is 0.833. The molecule has 1 aliphatic rings. The Morgan fingerprint density at radius 1 is 1.32 bits per heavy atom. The molecular weight excluding hydrogens is 266 g/mol. The number of amides is 2. The lowest BCUT2D eigenvalue weighted by Crippen LogP contribution is -2.50. The fourth-order valence-corrected chi connectivity index (χ4v) is 3.20. The van der Waals surface area contributed by atoms with Crippen LogP contribution in [-0.4, -0.2) is 83.2 Å². The quantitative estimate of drug-likeness (QED) is 0.812. The molecule has 7 heteroatoms. The van der Waals surface area contributed by atoms with Gasteiger partial charge in [0.1, 0.15) is 6.04 Å². The summed E-state index contributed by atoms with van der Waals surface area (Å²) in [5.74, 6) is -0.458. The van der Waals surface area contributed by atoms with E-state index in [2.05, 4.69) is 4.90 Å². The largest absolute Gasteiger partial charge is 0.480 e. The molecule has 0 bridgehead atoms. The highest BCUT2D eigenvalue weighted by Gasteiger charge is 2.40. The number of urea groups is 1. The maximum absolute atomic E-state index is 12.3. The van der Waals surface area contributed by atoms with E-state index < -0.39 is 12.0 Å². The number of aliphatic carboxylic acids is 1. The molecule has 0 aromatic heterocycles. The molecule has 6 nitrogen and oxygen atoms in total. The molecule has 0 aliphatic carbocycles. The van der Waals surface area contributed by atoms with Gasteiger partial charge in [-0.2, -0.15) is 0 Å². The summed E-state index contributed by atoms with van der Waals surface area (Å²) in [5, 5.41) is 9.07. The van der Waals surface area contributed by atoms with Crippen molar-refractivity contribution in [3.8, 4) is 0 Å². The van der Waals surface area contributed by atoms with E-state index in [0.717, 1.165) is 13.0 Å². The first-order valence-electron chi connectivity index (χ1n) is 6.37. The van der Waals surface area contributed by atoms with Crippen LogP contribution in [0.1, 0.15) is 13.3 Å². The van der Waals surface area contributed by atoms with Crippen LogP contribution >= 0.6 is 11.8 Å². The van der Waals surface area contributed by atoms with Crippen LogP contribution in [0.5, 0.6) is 0 Å². The highest BCUT2D eigenvalue weighted by Crippen LogP contribution is 2.29. The molecule has 19 heavy (non-hydrogen) atoms. The van der Waals surface area contributed by atoms with Crippen LogP contribution in [0, 0.1) is 0 Å². The predicted molar refractivity (Wildman–Crippen MR) is 76.4 cm³/mol. The number of carbonyl (C=O) groups is 2. The lowest BCUT2D eigenvalue weighted by atomic mass is 10.3. The van der Waals surface area contributed by atoms with Gasteiger partial charge in [0.25, 0.3) is 0 Å². The summed E-state index contributed by atoms with van der Waals surface area (Å²) in [6.45, 7) is 3.42. The topological polar surface area (TPSA) is 64.1 Å². The van der Waals surface area contributed by atoms with E-state index in [-0.39, 0.29) is 11.4 Å². The molecule has 0 aromatic carbocycles. The second-order valence-corrected chi connectivity index (χ2v) is 6.40. The summed E-state index contributed by atoms with van der Waals surface area (Å²) in [6, 6.07) is -0.896. The Balaban J connectivity index is 2.56. The molecule has 2 amide bonds. The Hall–Kier alpha value is -0.950. The third kappa shape index (κ3) is 4.28. The van der Waals surface area contributed by atoms with Crippen LogP contribution in [0.25, 0.3) is 0 Å². The zero-order chi connectivity index (χ0) is 14.6. The van der Waals surface area contributed by atoms with Gasteiger partial charge < -0.3 is 14.9 Å². The minimum atomic E-state index is -0.924. The first-order valence-corrected chi connectivity index (χ1v) is 7.42. The van der Waals surface area contributed by atoms with Crippen molar-refractivity contribution in [1.29, 1.82) is 0 Å². The van der Waals surface area contributed by atoms with Gasteiger partial charge in [-0.05, 0) is 34.0 Å². The zero-order valence-corrected chi connectivity index (χ0v) is 12.8. The minimum Gasteiger partial charge on any atom is -0.480 e. The van der Waals surface area contributed by atoms with E-state index >= 15 is 0 Å². The smallest absolute Gasteiger partial charge is 0.327 e. The van der Waals surface area contributed by atoms with Crippen LogP contribution in [0.15, 0.2) is 0 Å². The molecule has 2 atom stereocenters. The number of thioether (sulfide) groups is 1. The molecule has 0 saturated carbocycles. The Bertz CT molecular complexity index is 338. The lowest BCUT2D eigenvalue weighted by molar-refractivity contribution is -0.141. The van der Waals surface area contributed by atoms with Gasteiger partial charge in [-0.3, -0.25) is 4.90 Å². The molecule has 0 spiro atoms. The van der Waals surface area contributed by atoms with E-state index in [1.807, 2.05) is 21.0 Å². The third-order valence-corrected chi connectivity index (χ3v) is 4.37. The van der Waals surface area contributed by atoms with E-state index in [0.29, 0.717) is 12.3 Å². The molecule has 0 aromatic rings. The Kier molecular flexibility index (Phi) is 5.93. The van der Waals surface area contributed by atoms with Crippen molar-refractivity contribution in [1.82, 2.24) is 14.7 Å². The molecule has 1 heterocycles. The van der Waals surface area contributed by atoms with Gasteiger partial charge in [0.15, 0.2) is 0 Å². The van der Waals surface area contributed by atoms with Crippen molar-refractivity contribution in [2.45, 2.75) is 24.8 Å². The molecule has 0 radical (unpaired) electrons. The number of carbonyl (C=O) groups excluding carboxylic acids is 1. The van der Waals surface area contributed by atoms with E-state index in [1.54, 1.807) is 11.9 Å². The van der Waals surface area contributed by atoms with E-state index in [9.17, 15) is 9.59 Å². The van der Waals surface area contributed by atoms with Crippen LogP contribution < -0.4 is 0 Å². The molecule has 1 N–H and O–H groups in total. The monoisotopic (exact) mass is 289 g/mol. The number of hydrogen-bond donors (Lipinski definition) is 1. The van der Waals surface area contributed by atoms with Crippen LogP contribution in [-0.2, 0) is 4.79 Å². The standard InChI is InChI=1S/C12H23N3O3S/c1-9-15(10(8-19-9)11(16)17)12(18)14(4)7-5-6-13(2)3/h9-10H,5-8H2,1-4H3,(H,16,17). The number of hydrogen-bond acceptors (Lipinski definition) is 4. The maximum Gasteiger partial charge on any atom is 0.327 e. The summed E-state index contributed by atoms with van der Waals surface area (Å²) >= 11 is 1.51. The van der Waals surface area contributed by atoms with Gasteiger partial charge in [0.2, 0.25) is 0 Å². The predicted octanol–water partition coefficient (Wildman–Crippen LogP) is 0.838. The fourth-order valence-electron chi connectivity index (χ4n) is 2.04. The summed E-state index contributed by atoms with van der Waals surface area (Å²) < 4.78 is 0. The summed E-state index contributed by atoms with van der Waals surface area (Å²) in [5.41, 5.74) is 0. The summed E-state index contributed by atoms with van der Waals surface area (Å²) in [7, 11) is 5.70. The average molecular weight is 289 g/mol. The van der Waals surface area contributed by atoms with Gasteiger partial charge in [-0.1, -0.05) is 0 Å². The van der Waals surface area contributed by atoms with Crippen molar-refractivity contribution in [2.75, 3.05) is 40.0 Å². The second kappa shape index (κ2) is 7.00. The lowest BCUT2D eigenvalue weighted by Gasteiger charge is -2.30. The van der Waals surface area contributed by atoms with Gasteiger partial charge in [-0.25, -0.2) is 9.59 Å². The van der Waals surface area contributed by atoms with Gasteiger partial charge in [0, 0.05) is 19.3 Å². The third-order valence-electron chi connectivity index (χ3n) is 3.15. The van der Waals surface area contributed by atoms with Crippen LogP contribution in [0.4, 0.5) is 4.79 Å². The highest BCUT2D eigenvalue weighted by atomic mass is 32.2. The molecule has 110 valence electrons. The number of rotatable bonds is 5. The van der Waals surface area contributed by atoms with Crippen LogP contribution in [0.2, 0.25) is 0 Å². The minimum absolute atomic E-state index is 0.0788. The Morgan fingerprint density at radius 3 is 2.47 bits per heavy atom. The molecular formula is C12H23N3O3S. The zero-order valence-electron chi connectivity index (χ0n) is 12.0. The first-order chi connectivity index (χ1) is 8.84. The Morgan fingerprint density at radius 2 is 1.95 bits per heavy atom. The normalized spacial score (nSPS) is 22.9. The van der Waals surface area contributed by atoms with E-state index in [1.165, 1.54) is 16.7 Å². The van der Waals surface area contributed by atoms with Crippen molar-refractivity contribution in [2.24, 2.45) is 0 Å². The first kappa shape index (κ1) is 16.1. The molecule has 2 unspecified atom stereocenters. The molecule has 1 rings (SSSR count). The molecule has 1 saturated heterocycles. The van der Waals surface area contributed by atoms with E-state index in [4.69, 9.17) is 5.11 Å².